The maximum absolute atomic E-state index is 12.2. The number of hydrogen-bond acceptors (Lipinski definition) is 3. The van der Waals surface area contributed by atoms with Gasteiger partial charge in [-0.1, -0.05) is 19.1 Å². The molecule has 0 spiro atoms. The second-order valence-electron chi connectivity index (χ2n) is 5.71. The fraction of sp³-hybridized carbons (Fsp3) is 0.556. The number of aryl methyl sites for hydroxylation is 1. The molecule has 2 rings (SSSR count). The summed E-state index contributed by atoms with van der Waals surface area (Å²) in [4.78, 5) is 14.0. The Balaban J connectivity index is 1.74. The van der Waals surface area contributed by atoms with Crippen LogP contribution in [0.1, 0.15) is 38.2 Å². The summed E-state index contributed by atoms with van der Waals surface area (Å²) in [6.45, 7) is 4.26. The summed E-state index contributed by atoms with van der Waals surface area (Å²) in [6.07, 6.45) is 4.38. The molecule has 1 aliphatic heterocycles. The smallest absolute Gasteiger partial charge is 0.239 e. The molecule has 1 aromatic carbocycles. The Morgan fingerprint density at radius 2 is 2.18 bits per heavy atom. The lowest BCUT2D eigenvalue weighted by molar-refractivity contribution is -0.132. The molecule has 1 aromatic rings. The van der Waals surface area contributed by atoms with Crippen LogP contribution in [0.3, 0.4) is 0 Å². The molecule has 1 heterocycles. The molecule has 0 saturated carbocycles. The maximum atomic E-state index is 12.2. The molecule has 0 radical (unpaired) electrons. The second kappa shape index (κ2) is 8.43. The molecular formula is C18H24N2O2. The van der Waals surface area contributed by atoms with Gasteiger partial charge in [0.1, 0.15) is 11.7 Å². The van der Waals surface area contributed by atoms with E-state index in [1.165, 1.54) is 5.56 Å². The predicted octanol–water partition coefficient (Wildman–Crippen LogP) is 3.17. The van der Waals surface area contributed by atoms with Crippen molar-refractivity contribution in [2.24, 2.45) is 5.92 Å². The number of benzene rings is 1. The van der Waals surface area contributed by atoms with Crippen LogP contribution in [-0.2, 0) is 11.2 Å². The van der Waals surface area contributed by atoms with Crippen LogP contribution in [0.15, 0.2) is 24.3 Å². The van der Waals surface area contributed by atoms with Gasteiger partial charge < -0.3 is 9.64 Å². The number of carbonyl (C=O) groups excluding carboxylic acids is 1. The lowest BCUT2D eigenvalue weighted by Gasteiger charge is -2.18. The number of likely N-dealkylation sites (tertiary alicyclic amines) is 1. The molecule has 0 aliphatic carbocycles. The molecule has 1 unspecified atom stereocenters. The highest BCUT2D eigenvalue weighted by Crippen LogP contribution is 2.17. The summed E-state index contributed by atoms with van der Waals surface area (Å²) >= 11 is 0. The van der Waals surface area contributed by atoms with E-state index in [0.29, 0.717) is 19.4 Å². The molecule has 1 saturated heterocycles. The number of carbonyl (C=O) groups is 1. The van der Waals surface area contributed by atoms with E-state index in [1.807, 2.05) is 23.1 Å². The van der Waals surface area contributed by atoms with Crippen molar-refractivity contribution >= 4 is 5.91 Å². The third-order valence-corrected chi connectivity index (χ3v) is 4.08. The average Bonchev–Trinajstić information content (AvgIpc) is 3.09. The first kappa shape index (κ1) is 16.4. The zero-order chi connectivity index (χ0) is 15.8. The molecule has 1 amide bonds. The average molecular weight is 300 g/mol. The van der Waals surface area contributed by atoms with Gasteiger partial charge in [-0.25, -0.2) is 0 Å². The normalized spacial score (nSPS) is 15.4. The van der Waals surface area contributed by atoms with Gasteiger partial charge in [0.15, 0.2) is 0 Å². The molecule has 118 valence electrons. The van der Waals surface area contributed by atoms with E-state index in [0.717, 1.165) is 38.1 Å². The molecule has 1 aliphatic rings. The van der Waals surface area contributed by atoms with E-state index in [2.05, 4.69) is 19.1 Å². The first-order valence-corrected chi connectivity index (χ1v) is 8.14. The van der Waals surface area contributed by atoms with Gasteiger partial charge in [-0.05, 0) is 49.8 Å². The Kier molecular flexibility index (Phi) is 6.27. The summed E-state index contributed by atoms with van der Waals surface area (Å²) in [5.41, 5.74) is 1.25. The fourth-order valence-corrected chi connectivity index (χ4v) is 2.73. The number of ether oxygens (including phenoxy) is 1. The maximum Gasteiger partial charge on any atom is 0.239 e. The van der Waals surface area contributed by atoms with Crippen molar-refractivity contribution in [3.8, 4) is 11.8 Å². The van der Waals surface area contributed by atoms with Gasteiger partial charge in [0, 0.05) is 13.1 Å². The first-order chi connectivity index (χ1) is 10.7. The number of amides is 1. The van der Waals surface area contributed by atoms with E-state index in [4.69, 9.17) is 4.74 Å². The zero-order valence-corrected chi connectivity index (χ0v) is 13.3. The molecule has 1 atom stereocenters. The van der Waals surface area contributed by atoms with Gasteiger partial charge in [-0.3, -0.25) is 4.79 Å². The van der Waals surface area contributed by atoms with Gasteiger partial charge in [-0.2, -0.15) is 5.26 Å². The van der Waals surface area contributed by atoms with Gasteiger partial charge >= 0.3 is 0 Å². The van der Waals surface area contributed by atoms with Crippen LogP contribution in [0.25, 0.3) is 0 Å². The van der Waals surface area contributed by atoms with Crippen LogP contribution < -0.4 is 4.74 Å². The summed E-state index contributed by atoms with van der Waals surface area (Å²) in [6, 6.07) is 10.2. The Hall–Kier alpha value is -2.02. The number of rotatable bonds is 7. The molecule has 22 heavy (non-hydrogen) atoms. The minimum absolute atomic E-state index is 0.00650. The minimum atomic E-state index is -0.524. The third kappa shape index (κ3) is 4.49. The van der Waals surface area contributed by atoms with Crippen molar-refractivity contribution in [1.82, 2.24) is 4.90 Å². The third-order valence-electron chi connectivity index (χ3n) is 4.08. The van der Waals surface area contributed by atoms with Crippen molar-refractivity contribution in [3.63, 3.8) is 0 Å². The van der Waals surface area contributed by atoms with Crippen LogP contribution in [0, 0.1) is 17.2 Å². The van der Waals surface area contributed by atoms with Gasteiger partial charge in [0.05, 0.1) is 12.7 Å². The van der Waals surface area contributed by atoms with E-state index in [-0.39, 0.29) is 5.91 Å². The summed E-state index contributed by atoms with van der Waals surface area (Å²) in [5, 5.41) is 9.20. The number of nitriles is 1. The summed E-state index contributed by atoms with van der Waals surface area (Å²) in [7, 11) is 0. The Bertz CT molecular complexity index is 530. The molecular weight excluding hydrogens is 276 g/mol. The van der Waals surface area contributed by atoms with Gasteiger partial charge in [-0.15, -0.1) is 0 Å². The van der Waals surface area contributed by atoms with Gasteiger partial charge in [0.25, 0.3) is 0 Å². The minimum Gasteiger partial charge on any atom is -0.494 e. The van der Waals surface area contributed by atoms with Crippen LogP contribution in [0.5, 0.6) is 5.75 Å². The van der Waals surface area contributed by atoms with E-state index < -0.39 is 5.92 Å². The Morgan fingerprint density at radius 1 is 1.41 bits per heavy atom. The first-order valence-electron chi connectivity index (χ1n) is 8.14. The lowest BCUT2D eigenvalue weighted by atomic mass is 10.0. The highest BCUT2D eigenvalue weighted by atomic mass is 16.5. The largest absolute Gasteiger partial charge is 0.494 e. The predicted molar refractivity (Wildman–Crippen MR) is 85.5 cm³/mol. The fourth-order valence-electron chi connectivity index (χ4n) is 2.73. The highest BCUT2D eigenvalue weighted by molar-refractivity contribution is 5.81. The SMILES string of the molecule is CCc1cccc(OCCCC(C#N)C(=O)N2CCCC2)c1. The van der Waals surface area contributed by atoms with Crippen molar-refractivity contribution in [1.29, 1.82) is 5.26 Å². The topological polar surface area (TPSA) is 53.3 Å². The van der Waals surface area contributed by atoms with Crippen LogP contribution in [0.4, 0.5) is 0 Å². The summed E-state index contributed by atoms with van der Waals surface area (Å²) in [5.74, 6) is 0.329. The zero-order valence-electron chi connectivity index (χ0n) is 13.3. The molecule has 0 bridgehead atoms. The highest BCUT2D eigenvalue weighted by Gasteiger charge is 2.25. The van der Waals surface area contributed by atoms with E-state index in [1.54, 1.807) is 0 Å². The van der Waals surface area contributed by atoms with Gasteiger partial charge in [0.2, 0.25) is 5.91 Å². The molecule has 0 N–H and O–H groups in total. The standard InChI is InChI=1S/C18H24N2O2/c1-2-15-7-5-9-17(13-15)22-12-6-8-16(14-19)18(21)20-10-3-4-11-20/h5,7,9,13,16H,2-4,6,8,10-12H2,1H3. The molecule has 4 nitrogen and oxygen atoms in total. The van der Waals surface area contributed by atoms with Crippen molar-refractivity contribution in [2.75, 3.05) is 19.7 Å². The molecule has 1 fully saturated rings. The Labute approximate surface area is 132 Å². The number of hydrogen-bond donors (Lipinski definition) is 0. The second-order valence-corrected chi connectivity index (χ2v) is 5.71. The van der Waals surface area contributed by atoms with Crippen molar-refractivity contribution < 1.29 is 9.53 Å². The van der Waals surface area contributed by atoms with Crippen LogP contribution in [-0.4, -0.2) is 30.5 Å². The Morgan fingerprint density at radius 3 is 2.86 bits per heavy atom. The van der Waals surface area contributed by atoms with Crippen LogP contribution in [0.2, 0.25) is 0 Å². The molecule has 0 aromatic heterocycles. The van der Waals surface area contributed by atoms with E-state index in [9.17, 15) is 10.1 Å². The van der Waals surface area contributed by atoms with E-state index >= 15 is 0 Å². The monoisotopic (exact) mass is 300 g/mol. The lowest BCUT2D eigenvalue weighted by Crippen LogP contribution is -2.33. The quantitative estimate of drug-likeness (QED) is 0.727. The van der Waals surface area contributed by atoms with Crippen molar-refractivity contribution in [3.05, 3.63) is 29.8 Å². The number of nitrogens with zero attached hydrogens (tertiary/aromatic N) is 2. The molecule has 4 heteroatoms. The summed E-state index contributed by atoms with van der Waals surface area (Å²) < 4.78 is 5.71. The van der Waals surface area contributed by atoms with Crippen LogP contribution >= 0.6 is 0 Å². The van der Waals surface area contributed by atoms with Crippen molar-refractivity contribution in [2.45, 2.75) is 39.0 Å².